The summed E-state index contributed by atoms with van der Waals surface area (Å²) in [7, 11) is 0. The molecule has 6 nitrogen and oxygen atoms in total. The third kappa shape index (κ3) is 5.30. The molecule has 0 unspecified atom stereocenters. The molecule has 3 N–H and O–H groups in total. The number of hydrogen-bond acceptors (Lipinski definition) is 6. The topological polar surface area (TPSA) is 82.3 Å². The summed E-state index contributed by atoms with van der Waals surface area (Å²) in [5.41, 5.74) is 3.23. The number of anilines is 1. The molecule has 20 heavy (non-hydrogen) atoms. The summed E-state index contributed by atoms with van der Waals surface area (Å²) < 4.78 is 11.3. The lowest BCUT2D eigenvalue weighted by Gasteiger charge is -2.20. The van der Waals surface area contributed by atoms with Crippen LogP contribution in [0.2, 0.25) is 0 Å². The van der Waals surface area contributed by atoms with Gasteiger partial charge < -0.3 is 14.9 Å². The predicted molar refractivity (Wildman–Crippen MR) is 79.8 cm³/mol. The molecule has 1 heterocycles. The van der Waals surface area contributed by atoms with Crippen molar-refractivity contribution in [1.82, 2.24) is 9.97 Å². The first-order chi connectivity index (χ1) is 9.37. The number of hydrogen-bond donors (Lipinski definition) is 2. The molecule has 1 aromatic rings. The molecule has 0 radical (unpaired) electrons. The zero-order valence-corrected chi connectivity index (χ0v) is 13.1. The molecule has 114 valence electrons. The summed E-state index contributed by atoms with van der Waals surface area (Å²) in [4.78, 5) is 8.77. The van der Waals surface area contributed by atoms with Gasteiger partial charge in [0.05, 0.1) is 17.8 Å². The van der Waals surface area contributed by atoms with Crippen molar-refractivity contribution < 1.29 is 9.47 Å². The third-order valence-electron chi connectivity index (χ3n) is 2.61. The van der Waals surface area contributed by atoms with Crippen molar-refractivity contribution in [1.29, 1.82) is 0 Å². The number of nitrogen functional groups attached to an aromatic ring is 1. The Labute approximate surface area is 121 Å². The molecule has 0 amide bonds. The highest BCUT2D eigenvalue weighted by Crippen LogP contribution is 2.22. The van der Waals surface area contributed by atoms with E-state index in [2.05, 4.69) is 22.3 Å². The van der Waals surface area contributed by atoms with Crippen molar-refractivity contribution in [2.45, 2.75) is 53.1 Å². The number of nitrogens with one attached hydrogen (secondary N) is 1. The summed E-state index contributed by atoms with van der Waals surface area (Å²) in [5, 5.41) is 0. The second kappa shape index (κ2) is 7.40. The second-order valence-corrected chi connectivity index (χ2v) is 5.62. The van der Waals surface area contributed by atoms with Crippen LogP contribution in [-0.4, -0.2) is 28.8 Å². The van der Waals surface area contributed by atoms with Gasteiger partial charge in [-0.25, -0.2) is 10.8 Å². The van der Waals surface area contributed by atoms with Crippen LogP contribution in [0.15, 0.2) is 0 Å². The Morgan fingerprint density at radius 1 is 1.20 bits per heavy atom. The average molecular weight is 282 g/mol. The number of ether oxygens (including phenoxy) is 2. The fourth-order valence-electron chi connectivity index (χ4n) is 1.64. The van der Waals surface area contributed by atoms with E-state index in [-0.39, 0.29) is 5.60 Å². The number of aromatic nitrogens is 2. The first kappa shape index (κ1) is 16.7. The van der Waals surface area contributed by atoms with Gasteiger partial charge in [-0.05, 0) is 34.1 Å². The molecule has 6 heteroatoms. The van der Waals surface area contributed by atoms with Crippen molar-refractivity contribution in [3.05, 3.63) is 11.4 Å². The van der Waals surface area contributed by atoms with E-state index < -0.39 is 0 Å². The summed E-state index contributed by atoms with van der Waals surface area (Å²) >= 11 is 0. The van der Waals surface area contributed by atoms with Gasteiger partial charge >= 0.3 is 0 Å². The van der Waals surface area contributed by atoms with Gasteiger partial charge in [0.15, 0.2) is 0 Å². The number of nitrogens with two attached hydrogens (primary N) is 1. The maximum Gasteiger partial charge on any atom is 0.221 e. The van der Waals surface area contributed by atoms with E-state index in [1.54, 1.807) is 0 Å². The van der Waals surface area contributed by atoms with Gasteiger partial charge in [-0.2, -0.15) is 4.98 Å². The lowest BCUT2D eigenvalue weighted by Crippen LogP contribution is -2.23. The normalized spacial score (nSPS) is 11.5. The van der Waals surface area contributed by atoms with Crippen molar-refractivity contribution in [3.8, 4) is 5.88 Å². The summed E-state index contributed by atoms with van der Waals surface area (Å²) in [6, 6.07) is 0. The minimum Gasteiger partial charge on any atom is -0.475 e. The van der Waals surface area contributed by atoms with Gasteiger partial charge in [-0.1, -0.05) is 6.92 Å². The molecule has 0 bridgehead atoms. The van der Waals surface area contributed by atoms with Crippen molar-refractivity contribution in [2.75, 3.05) is 18.6 Å². The molecule has 0 atom stereocenters. The molecule has 1 rings (SSSR count). The molecule has 0 aromatic carbocycles. The van der Waals surface area contributed by atoms with Crippen LogP contribution in [-0.2, 0) is 11.2 Å². The maximum absolute atomic E-state index is 5.69. The van der Waals surface area contributed by atoms with Crippen LogP contribution in [0.4, 0.5) is 5.82 Å². The van der Waals surface area contributed by atoms with E-state index in [4.69, 9.17) is 15.3 Å². The monoisotopic (exact) mass is 282 g/mol. The first-order valence-corrected chi connectivity index (χ1v) is 6.98. The standard InChI is InChI=1S/C14H26N4O2/c1-6-7-11-16-12(18-15)10(2)13(17-11)19-8-9-20-14(3,4)5/h6-9,15H2,1-5H3,(H,16,17,18). The predicted octanol–water partition coefficient (Wildman–Crippen LogP) is 2.22. The SMILES string of the molecule is CCCc1nc(NN)c(C)c(OCCOC(C)(C)C)n1. The van der Waals surface area contributed by atoms with E-state index in [0.29, 0.717) is 24.9 Å². The van der Waals surface area contributed by atoms with Gasteiger partial charge in [0, 0.05) is 6.42 Å². The van der Waals surface area contributed by atoms with Crippen LogP contribution in [0.25, 0.3) is 0 Å². The first-order valence-electron chi connectivity index (χ1n) is 6.98. The molecule has 0 aliphatic rings. The van der Waals surface area contributed by atoms with Crippen LogP contribution in [0.3, 0.4) is 0 Å². The summed E-state index contributed by atoms with van der Waals surface area (Å²) in [6.07, 6.45) is 1.77. The molecule has 1 aromatic heterocycles. The molecule has 0 fully saturated rings. The van der Waals surface area contributed by atoms with E-state index in [0.717, 1.165) is 24.2 Å². The quantitative estimate of drug-likeness (QED) is 0.453. The van der Waals surface area contributed by atoms with Gasteiger partial charge in [-0.15, -0.1) is 0 Å². The minimum atomic E-state index is -0.165. The zero-order chi connectivity index (χ0) is 15.2. The third-order valence-corrected chi connectivity index (χ3v) is 2.61. The molecule has 0 saturated heterocycles. The van der Waals surface area contributed by atoms with Crippen LogP contribution in [0.5, 0.6) is 5.88 Å². The van der Waals surface area contributed by atoms with Crippen LogP contribution in [0, 0.1) is 6.92 Å². The molecular weight excluding hydrogens is 256 g/mol. The van der Waals surface area contributed by atoms with Gasteiger partial charge in [0.2, 0.25) is 5.88 Å². The highest BCUT2D eigenvalue weighted by atomic mass is 16.5. The molecule has 0 spiro atoms. The molecule has 0 saturated carbocycles. The summed E-state index contributed by atoms with van der Waals surface area (Å²) in [5.74, 6) is 7.38. The maximum atomic E-state index is 5.69. The number of nitrogens with zero attached hydrogens (tertiary/aromatic N) is 2. The smallest absolute Gasteiger partial charge is 0.221 e. The minimum absolute atomic E-state index is 0.165. The van der Waals surface area contributed by atoms with E-state index in [1.165, 1.54) is 0 Å². The Hall–Kier alpha value is -1.40. The van der Waals surface area contributed by atoms with E-state index in [1.807, 2.05) is 27.7 Å². The van der Waals surface area contributed by atoms with Gasteiger partial charge in [0.25, 0.3) is 0 Å². The van der Waals surface area contributed by atoms with Gasteiger partial charge in [0.1, 0.15) is 18.2 Å². The molecule has 0 aliphatic carbocycles. The van der Waals surface area contributed by atoms with Crippen LogP contribution >= 0.6 is 0 Å². The second-order valence-electron chi connectivity index (χ2n) is 5.62. The van der Waals surface area contributed by atoms with E-state index >= 15 is 0 Å². The fourth-order valence-corrected chi connectivity index (χ4v) is 1.64. The van der Waals surface area contributed by atoms with Crippen molar-refractivity contribution in [3.63, 3.8) is 0 Å². The van der Waals surface area contributed by atoms with Crippen molar-refractivity contribution in [2.24, 2.45) is 5.84 Å². The van der Waals surface area contributed by atoms with Crippen LogP contribution in [0.1, 0.15) is 45.5 Å². The number of rotatable bonds is 7. The Balaban J connectivity index is 2.70. The number of hydrazine groups is 1. The Morgan fingerprint density at radius 3 is 2.45 bits per heavy atom. The lowest BCUT2D eigenvalue weighted by atomic mass is 10.2. The van der Waals surface area contributed by atoms with Crippen LogP contribution < -0.4 is 16.0 Å². The lowest BCUT2D eigenvalue weighted by molar-refractivity contribution is -0.0169. The Kier molecular flexibility index (Phi) is 6.16. The molecule has 0 aliphatic heterocycles. The highest BCUT2D eigenvalue weighted by molar-refractivity contribution is 5.47. The van der Waals surface area contributed by atoms with E-state index in [9.17, 15) is 0 Å². The largest absolute Gasteiger partial charge is 0.475 e. The van der Waals surface area contributed by atoms with Crippen molar-refractivity contribution >= 4 is 5.82 Å². The fraction of sp³-hybridized carbons (Fsp3) is 0.714. The Bertz CT molecular complexity index is 430. The Morgan fingerprint density at radius 2 is 1.90 bits per heavy atom. The average Bonchev–Trinajstić information content (AvgIpc) is 2.36. The summed E-state index contributed by atoms with van der Waals surface area (Å²) in [6.45, 7) is 11.0. The molecular formula is C14H26N4O2. The number of aryl methyl sites for hydroxylation is 1. The highest BCUT2D eigenvalue weighted by Gasteiger charge is 2.13. The van der Waals surface area contributed by atoms with Gasteiger partial charge in [-0.3, -0.25) is 0 Å². The zero-order valence-electron chi connectivity index (χ0n) is 13.1.